The number of hydrogen-bond acceptors (Lipinski definition) is 7. The zero-order valence-electron chi connectivity index (χ0n) is 14.7. The average molecular weight is 392 g/mol. The van der Waals surface area contributed by atoms with Gasteiger partial charge in [0.25, 0.3) is 5.69 Å². The van der Waals surface area contributed by atoms with Crippen LogP contribution in [0.1, 0.15) is 0 Å². The van der Waals surface area contributed by atoms with Gasteiger partial charge < -0.3 is 5.32 Å². The van der Waals surface area contributed by atoms with Crippen molar-refractivity contribution in [1.82, 2.24) is 20.2 Å². The molecule has 0 saturated heterocycles. The summed E-state index contributed by atoms with van der Waals surface area (Å²) in [7, 11) is 0. The predicted octanol–water partition coefficient (Wildman–Crippen LogP) is 3.93. The number of benzene rings is 3. The summed E-state index contributed by atoms with van der Waals surface area (Å²) in [6.45, 7) is 0.540. The molecule has 0 radical (unpaired) electrons. The quantitative estimate of drug-likeness (QED) is 0.220. The molecule has 0 bridgehead atoms. The zero-order chi connectivity index (χ0) is 19.3. The van der Waals surface area contributed by atoms with Gasteiger partial charge >= 0.3 is 0 Å². The molecule has 9 heteroatoms. The molecule has 0 saturated carbocycles. The summed E-state index contributed by atoms with van der Waals surface area (Å²) in [6, 6.07) is 20.7. The Morgan fingerprint density at radius 3 is 2.71 bits per heavy atom. The first kappa shape index (κ1) is 17.9. The molecule has 0 aliphatic rings. The van der Waals surface area contributed by atoms with Gasteiger partial charge in [0, 0.05) is 23.8 Å². The number of hydrogen-bond donors (Lipinski definition) is 1. The minimum absolute atomic E-state index is 0.0630. The normalized spacial score (nSPS) is 10.9. The highest BCUT2D eigenvalue weighted by Crippen LogP contribution is 2.26. The molecular weight excluding hydrogens is 376 g/mol. The fourth-order valence-corrected chi connectivity index (χ4v) is 3.66. The topological polar surface area (TPSA) is 98.8 Å². The van der Waals surface area contributed by atoms with Gasteiger partial charge in [-0.05, 0) is 27.9 Å². The van der Waals surface area contributed by atoms with E-state index in [1.807, 2.05) is 42.5 Å². The number of fused-ring (bicyclic) bond motifs is 1. The number of rotatable bonds is 7. The summed E-state index contributed by atoms with van der Waals surface area (Å²) in [5.74, 6) is 0.650. The third kappa shape index (κ3) is 3.65. The molecule has 0 aliphatic heterocycles. The maximum Gasteiger partial charge on any atom is 0.292 e. The Bertz CT molecular complexity index is 1120. The summed E-state index contributed by atoms with van der Waals surface area (Å²) in [6.07, 6.45) is 0. The number of thioether (sulfide) groups is 1. The van der Waals surface area contributed by atoms with Crippen LogP contribution in [0.5, 0.6) is 0 Å². The molecule has 4 aromatic rings. The van der Waals surface area contributed by atoms with Gasteiger partial charge in [0.1, 0.15) is 5.69 Å². The number of nitrogens with zero attached hydrogens (tertiary/aromatic N) is 5. The lowest BCUT2D eigenvalue weighted by Gasteiger charge is -2.09. The summed E-state index contributed by atoms with van der Waals surface area (Å²) < 4.78 is 1.72. The van der Waals surface area contributed by atoms with E-state index >= 15 is 0 Å². The van der Waals surface area contributed by atoms with E-state index in [4.69, 9.17) is 0 Å². The van der Waals surface area contributed by atoms with Crippen molar-refractivity contribution in [2.24, 2.45) is 0 Å². The standard InChI is InChI=1S/C19H16N6O2S/c26-25(27)18-10-4-3-9-16(18)20-12-13-28-19-21-22-23-24(19)17-11-5-7-14-6-1-2-8-15(14)17/h1-11,20H,12-13H2. The summed E-state index contributed by atoms with van der Waals surface area (Å²) in [5, 5.41) is 29.1. The molecule has 3 aromatic carbocycles. The molecule has 8 nitrogen and oxygen atoms in total. The number of nitro groups is 1. The van der Waals surface area contributed by atoms with Crippen LogP contribution in [-0.4, -0.2) is 37.4 Å². The van der Waals surface area contributed by atoms with E-state index in [0.29, 0.717) is 23.1 Å². The van der Waals surface area contributed by atoms with Crippen LogP contribution in [0.25, 0.3) is 16.5 Å². The van der Waals surface area contributed by atoms with Crippen molar-refractivity contribution in [1.29, 1.82) is 0 Å². The van der Waals surface area contributed by atoms with Crippen molar-refractivity contribution >= 4 is 33.9 Å². The number of tetrazole rings is 1. The van der Waals surface area contributed by atoms with Gasteiger partial charge in [0.15, 0.2) is 0 Å². The third-order valence-electron chi connectivity index (χ3n) is 4.19. The van der Waals surface area contributed by atoms with Crippen LogP contribution in [-0.2, 0) is 0 Å². The second-order valence-electron chi connectivity index (χ2n) is 5.92. The third-order valence-corrected chi connectivity index (χ3v) is 5.11. The van der Waals surface area contributed by atoms with E-state index in [2.05, 4.69) is 20.8 Å². The number of para-hydroxylation sites is 2. The highest BCUT2D eigenvalue weighted by atomic mass is 32.2. The Hall–Kier alpha value is -3.46. The zero-order valence-corrected chi connectivity index (χ0v) is 15.5. The predicted molar refractivity (Wildman–Crippen MR) is 109 cm³/mol. The molecule has 140 valence electrons. The van der Waals surface area contributed by atoms with E-state index in [1.54, 1.807) is 22.9 Å². The number of aromatic nitrogens is 4. The van der Waals surface area contributed by atoms with Crippen LogP contribution < -0.4 is 5.32 Å². The maximum absolute atomic E-state index is 11.1. The molecule has 4 rings (SSSR count). The molecule has 0 aliphatic carbocycles. The molecule has 1 heterocycles. The van der Waals surface area contributed by atoms with Crippen molar-refractivity contribution < 1.29 is 4.92 Å². The lowest BCUT2D eigenvalue weighted by molar-refractivity contribution is -0.384. The van der Waals surface area contributed by atoms with Crippen molar-refractivity contribution in [2.75, 3.05) is 17.6 Å². The Morgan fingerprint density at radius 2 is 1.82 bits per heavy atom. The second kappa shape index (κ2) is 8.05. The lowest BCUT2D eigenvalue weighted by Crippen LogP contribution is -2.07. The molecule has 0 fully saturated rings. The monoisotopic (exact) mass is 392 g/mol. The summed E-state index contributed by atoms with van der Waals surface area (Å²) >= 11 is 1.49. The van der Waals surface area contributed by atoms with Gasteiger partial charge in [0.05, 0.1) is 10.6 Å². The van der Waals surface area contributed by atoms with Gasteiger partial charge in [-0.3, -0.25) is 10.1 Å². The smallest absolute Gasteiger partial charge is 0.292 e. The van der Waals surface area contributed by atoms with E-state index in [9.17, 15) is 10.1 Å². The van der Waals surface area contributed by atoms with Crippen LogP contribution in [0.15, 0.2) is 71.9 Å². The fraction of sp³-hybridized carbons (Fsp3) is 0.105. The molecule has 0 amide bonds. The first-order chi connectivity index (χ1) is 13.7. The van der Waals surface area contributed by atoms with Gasteiger partial charge in [-0.25, -0.2) is 0 Å². The summed E-state index contributed by atoms with van der Waals surface area (Å²) in [5.41, 5.74) is 1.48. The minimum atomic E-state index is -0.392. The van der Waals surface area contributed by atoms with Crippen LogP contribution in [0, 0.1) is 10.1 Å². The van der Waals surface area contributed by atoms with Crippen LogP contribution in [0.4, 0.5) is 11.4 Å². The van der Waals surface area contributed by atoms with E-state index < -0.39 is 4.92 Å². The van der Waals surface area contributed by atoms with Crippen molar-refractivity contribution in [3.8, 4) is 5.69 Å². The molecule has 0 spiro atoms. The van der Waals surface area contributed by atoms with E-state index in [-0.39, 0.29) is 5.69 Å². The highest BCUT2D eigenvalue weighted by molar-refractivity contribution is 7.99. The van der Waals surface area contributed by atoms with Gasteiger partial charge in [-0.15, -0.1) is 5.10 Å². The number of nitro benzene ring substituents is 1. The number of nitrogens with one attached hydrogen (secondary N) is 1. The minimum Gasteiger partial charge on any atom is -0.379 e. The van der Waals surface area contributed by atoms with Crippen molar-refractivity contribution in [3.63, 3.8) is 0 Å². The fourth-order valence-electron chi connectivity index (χ4n) is 2.92. The van der Waals surface area contributed by atoms with Gasteiger partial charge in [0.2, 0.25) is 5.16 Å². The van der Waals surface area contributed by atoms with E-state index in [1.165, 1.54) is 17.8 Å². The SMILES string of the molecule is O=[N+]([O-])c1ccccc1NCCSc1nnnn1-c1cccc2ccccc12. The Kier molecular flexibility index (Phi) is 5.16. The van der Waals surface area contributed by atoms with Crippen LogP contribution in [0.3, 0.4) is 0 Å². The lowest BCUT2D eigenvalue weighted by atomic mass is 10.1. The second-order valence-corrected chi connectivity index (χ2v) is 6.98. The highest BCUT2D eigenvalue weighted by Gasteiger charge is 2.13. The van der Waals surface area contributed by atoms with Gasteiger partial charge in [-0.1, -0.05) is 60.3 Å². The van der Waals surface area contributed by atoms with Crippen molar-refractivity contribution in [3.05, 3.63) is 76.8 Å². The molecule has 28 heavy (non-hydrogen) atoms. The molecule has 1 N–H and O–H groups in total. The molecule has 0 unspecified atom stereocenters. The van der Waals surface area contributed by atoms with Crippen molar-refractivity contribution in [2.45, 2.75) is 5.16 Å². The van der Waals surface area contributed by atoms with E-state index in [0.717, 1.165) is 16.5 Å². The Labute approximate surface area is 164 Å². The average Bonchev–Trinajstić information content (AvgIpc) is 3.19. The molecule has 0 atom stereocenters. The number of anilines is 1. The summed E-state index contributed by atoms with van der Waals surface area (Å²) in [4.78, 5) is 10.7. The Morgan fingerprint density at radius 1 is 1.04 bits per heavy atom. The first-order valence-electron chi connectivity index (χ1n) is 8.60. The Balaban J connectivity index is 1.47. The van der Waals surface area contributed by atoms with Crippen LogP contribution >= 0.6 is 11.8 Å². The van der Waals surface area contributed by atoms with Gasteiger partial charge in [-0.2, -0.15) is 4.68 Å². The van der Waals surface area contributed by atoms with Crippen LogP contribution in [0.2, 0.25) is 0 Å². The molecule has 1 aromatic heterocycles. The maximum atomic E-state index is 11.1. The molecular formula is C19H16N6O2S. The largest absolute Gasteiger partial charge is 0.379 e. The first-order valence-corrected chi connectivity index (χ1v) is 9.59.